The quantitative estimate of drug-likeness (QED) is 0.918. The van der Waals surface area contributed by atoms with E-state index in [-0.39, 0.29) is 6.04 Å². The molecule has 0 radical (unpaired) electrons. The summed E-state index contributed by atoms with van der Waals surface area (Å²) in [5, 5.41) is 0. The van der Waals surface area contributed by atoms with Crippen LogP contribution in [-0.2, 0) is 6.42 Å². The molecule has 1 aliphatic rings. The van der Waals surface area contributed by atoms with E-state index in [1.165, 1.54) is 41.5 Å². The van der Waals surface area contributed by atoms with Crippen molar-refractivity contribution < 1.29 is 4.74 Å². The molecule has 0 heterocycles. The Kier molecular flexibility index (Phi) is 3.98. The number of hydrogen-bond donors (Lipinski definition) is 1. The first-order valence-electron chi connectivity index (χ1n) is 7.68. The fraction of sp³-hybridized carbons (Fsp3) is 0.368. The van der Waals surface area contributed by atoms with E-state index < -0.39 is 0 Å². The zero-order valence-corrected chi connectivity index (χ0v) is 12.8. The van der Waals surface area contributed by atoms with E-state index >= 15 is 0 Å². The van der Waals surface area contributed by atoms with Gasteiger partial charge in [-0.25, -0.2) is 0 Å². The van der Waals surface area contributed by atoms with Gasteiger partial charge in [0.2, 0.25) is 0 Å². The number of methoxy groups -OCH3 is 1. The minimum Gasteiger partial charge on any atom is -0.497 e. The van der Waals surface area contributed by atoms with E-state index in [9.17, 15) is 0 Å². The summed E-state index contributed by atoms with van der Waals surface area (Å²) >= 11 is 0. The SMILES string of the molecule is COc1ccc(C(N)C2CCCc3ccccc32)c(C)c1. The number of hydrogen-bond acceptors (Lipinski definition) is 2. The predicted octanol–water partition coefficient (Wildman–Crippen LogP) is 4.12. The average molecular weight is 281 g/mol. The highest BCUT2D eigenvalue weighted by molar-refractivity contribution is 5.41. The number of fused-ring (bicyclic) bond motifs is 1. The molecule has 0 amide bonds. The van der Waals surface area contributed by atoms with Crippen LogP contribution in [0.15, 0.2) is 42.5 Å². The molecule has 21 heavy (non-hydrogen) atoms. The van der Waals surface area contributed by atoms with Gasteiger partial charge in [-0.1, -0.05) is 30.3 Å². The molecule has 0 bridgehead atoms. The summed E-state index contributed by atoms with van der Waals surface area (Å²) in [5.41, 5.74) is 12.0. The fourth-order valence-corrected chi connectivity index (χ4v) is 3.53. The van der Waals surface area contributed by atoms with Gasteiger partial charge in [0.1, 0.15) is 5.75 Å². The van der Waals surface area contributed by atoms with Crippen molar-refractivity contribution in [3.63, 3.8) is 0 Å². The van der Waals surface area contributed by atoms with Crippen LogP contribution in [0.1, 0.15) is 47.1 Å². The number of aryl methyl sites for hydroxylation is 2. The van der Waals surface area contributed by atoms with Crippen molar-refractivity contribution in [1.29, 1.82) is 0 Å². The molecule has 2 aromatic carbocycles. The highest BCUT2D eigenvalue weighted by Crippen LogP contribution is 2.40. The lowest BCUT2D eigenvalue weighted by atomic mass is 9.76. The predicted molar refractivity (Wildman–Crippen MR) is 86.8 cm³/mol. The Morgan fingerprint density at radius 1 is 1.19 bits per heavy atom. The summed E-state index contributed by atoms with van der Waals surface area (Å²) in [4.78, 5) is 0. The topological polar surface area (TPSA) is 35.2 Å². The second-order valence-electron chi connectivity index (χ2n) is 5.95. The van der Waals surface area contributed by atoms with Gasteiger partial charge in [0, 0.05) is 12.0 Å². The van der Waals surface area contributed by atoms with Gasteiger partial charge in [0.25, 0.3) is 0 Å². The highest BCUT2D eigenvalue weighted by atomic mass is 16.5. The first-order chi connectivity index (χ1) is 10.2. The van der Waals surface area contributed by atoms with E-state index in [2.05, 4.69) is 43.3 Å². The number of ether oxygens (including phenoxy) is 1. The van der Waals surface area contributed by atoms with E-state index in [0.717, 1.165) is 5.75 Å². The van der Waals surface area contributed by atoms with Crippen LogP contribution in [0.2, 0.25) is 0 Å². The molecule has 0 aromatic heterocycles. The zero-order valence-electron chi connectivity index (χ0n) is 12.8. The Labute approximate surface area is 126 Å². The van der Waals surface area contributed by atoms with E-state index in [0.29, 0.717) is 5.92 Å². The Balaban J connectivity index is 1.94. The molecule has 0 saturated heterocycles. The van der Waals surface area contributed by atoms with Crippen molar-refractivity contribution >= 4 is 0 Å². The van der Waals surface area contributed by atoms with Gasteiger partial charge in [0.05, 0.1) is 7.11 Å². The lowest BCUT2D eigenvalue weighted by Crippen LogP contribution is -2.24. The minimum absolute atomic E-state index is 0.0531. The van der Waals surface area contributed by atoms with Crippen LogP contribution < -0.4 is 10.5 Å². The van der Waals surface area contributed by atoms with Crippen molar-refractivity contribution in [2.75, 3.05) is 7.11 Å². The summed E-state index contributed by atoms with van der Waals surface area (Å²) in [6.07, 6.45) is 3.58. The zero-order chi connectivity index (χ0) is 14.8. The third-order valence-electron chi connectivity index (χ3n) is 4.69. The van der Waals surface area contributed by atoms with Crippen molar-refractivity contribution in [2.24, 2.45) is 5.73 Å². The molecule has 2 nitrogen and oxygen atoms in total. The lowest BCUT2D eigenvalue weighted by molar-refractivity contribution is 0.413. The Bertz CT molecular complexity index is 635. The van der Waals surface area contributed by atoms with Gasteiger partial charge in [0.15, 0.2) is 0 Å². The largest absolute Gasteiger partial charge is 0.497 e. The molecule has 2 atom stereocenters. The maximum Gasteiger partial charge on any atom is 0.119 e. The van der Waals surface area contributed by atoms with Gasteiger partial charge in [-0.3, -0.25) is 0 Å². The molecule has 0 aliphatic heterocycles. The molecule has 2 N–H and O–H groups in total. The van der Waals surface area contributed by atoms with Gasteiger partial charge in [-0.15, -0.1) is 0 Å². The standard InChI is InChI=1S/C19H23NO/c1-13-12-15(21-2)10-11-16(13)19(20)18-9-5-7-14-6-3-4-8-17(14)18/h3-4,6,8,10-12,18-19H,5,7,9,20H2,1-2H3. The summed E-state index contributed by atoms with van der Waals surface area (Å²) in [7, 11) is 1.70. The van der Waals surface area contributed by atoms with Crippen LogP contribution in [0.5, 0.6) is 5.75 Å². The average Bonchev–Trinajstić information content (AvgIpc) is 2.53. The maximum atomic E-state index is 6.64. The summed E-state index contributed by atoms with van der Waals surface area (Å²) < 4.78 is 5.29. The van der Waals surface area contributed by atoms with Crippen LogP contribution in [-0.4, -0.2) is 7.11 Å². The van der Waals surface area contributed by atoms with Crippen molar-refractivity contribution in [3.8, 4) is 5.75 Å². The molecule has 0 spiro atoms. The van der Waals surface area contributed by atoms with Crippen LogP contribution in [0.4, 0.5) is 0 Å². The molecular weight excluding hydrogens is 258 g/mol. The van der Waals surface area contributed by atoms with Crippen LogP contribution in [0.3, 0.4) is 0 Å². The first kappa shape index (κ1) is 14.2. The van der Waals surface area contributed by atoms with Gasteiger partial charge in [-0.2, -0.15) is 0 Å². The third kappa shape index (κ3) is 2.68. The van der Waals surface area contributed by atoms with E-state index in [4.69, 9.17) is 10.5 Å². The van der Waals surface area contributed by atoms with Gasteiger partial charge in [-0.05, 0) is 60.6 Å². The second kappa shape index (κ2) is 5.90. The maximum absolute atomic E-state index is 6.64. The van der Waals surface area contributed by atoms with Crippen LogP contribution >= 0.6 is 0 Å². The molecule has 1 aliphatic carbocycles. The van der Waals surface area contributed by atoms with Crippen LogP contribution in [0, 0.1) is 6.92 Å². The van der Waals surface area contributed by atoms with Crippen LogP contribution in [0.25, 0.3) is 0 Å². The molecule has 0 fully saturated rings. The molecular formula is C19H23NO. The molecule has 2 heteroatoms. The van der Waals surface area contributed by atoms with Crippen molar-refractivity contribution in [3.05, 3.63) is 64.7 Å². The Morgan fingerprint density at radius 2 is 2.00 bits per heavy atom. The summed E-state index contributed by atoms with van der Waals surface area (Å²) in [6.45, 7) is 2.12. The second-order valence-corrected chi connectivity index (χ2v) is 5.95. The normalized spacial score (nSPS) is 18.9. The minimum atomic E-state index is 0.0531. The van der Waals surface area contributed by atoms with Crippen molar-refractivity contribution in [1.82, 2.24) is 0 Å². The van der Waals surface area contributed by atoms with E-state index in [1.54, 1.807) is 7.11 Å². The molecule has 3 rings (SSSR count). The number of benzene rings is 2. The molecule has 0 saturated carbocycles. The van der Waals surface area contributed by atoms with Gasteiger partial charge < -0.3 is 10.5 Å². The first-order valence-corrected chi connectivity index (χ1v) is 7.68. The third-order valence-corrected chi connectivity index (χ3v) is 4.69. The molecule has 2 unspecified atom stereocenters. The fourth-order valence-electron chi connectivity index (χ4n) is 3.53. The Hall–Kier alpha value is -1.80. The van der Waals surface area contributed by atoms with Crippen molar-refractivity contribution in [2.45, 2.75) is 38.1 Å². The highest BCUT2D eigenvalue weighted by Gasteiger charge is 2.27. The summed E-state index contributed by atoms with van der Waals surface area (Å²) in [6, 6.07) is 15.0. The van der Waals surface area contributed by atoms with E-state index in [1.807, 2.05) is 6.07 Å². The molecule has 2 aromatic rings. The Morgan fingerprint density at radius 3 is 2.76 bits per heavy atom. The number of rotatable bonds is 3. The smallest absolute Gasteiger partial charge is 0.119 e. The summed E-state index contributed by atoms with van der Waals surface area (Å²) in [5.74, 6) is 1.31. The lowest BCUT2D eigenvalue weighted by Gasteiger charge is -2.31. The molecule has 110 valence electrons. The van der Waals surface area contributed by atoms with Gasteiger partial charge >= 0.3 is 0 Å². The monoisotopic (exact) mass is 281 g/mol. The number of nitrogens with two attached hydrogens (primary N) is 1.